The van der Waals surface area contributed by atoms with Gasteiger partial charge in [0.15, 0.2) is 6.61 Å². The van der Waals surface area contributed by atoms with Gasteiger partial charge in [-0.1, -0.05) is 6.07 Å². The molecule has 1 amide bonds. The molecular weight excluding hydrogens is 336 g/mol. The molecule has 0 radical (unpaired) electrons. The maximum atomic E-state index is 12.0. The molecule has 3 aromatic rings. The van der Waals surface area contributed by atoms with Gasteiger partial charge >= 0.3 is 0 Å². The Kier molecular flexibility index (Phi) is 5.30. The van der Waals surface area contributed by atoms with Crippen molar-refractivity contribution in [1.29, 1.82) is 0 Å². The maximum Gasteiger partial charge on any atom is 0.262 e. The van der Waals surface area contributed by atoms with Gasteiger partial charge in [-0.2, -0.15) is 0 Å². The second kappa shape index (κ2) is 7.81. The summed E-state index contributed by atoms with van der Waals surface area (Å²) in [6.07, 6.45) is 0. The molecule has 1 aromatic heterocycles. The molecule has 0 aliphatic heterocycles. The molecule has 0 fully saturated rings. The molecule has 0 saturated heterocycles. The first-order valence-corrected chi connectivity index (χ1v) is 8.61. The second-order valence-corrected chi connectivity index (χ2v) is 6.25. The highest BCUT2D eigenvalue weighted by atomic mass is 32.1. The van der Waals surface area contributed by atoms with Gasteiger partial charge in [-0.25, -0.2) is 4.98 Å². The smallest absolute Gasteiger partial charge is 0.262 e. The van der Waals surface area contributed by atoms with Gasteiger partial charge in [0.2, 0.25) is 0 Å². The first-order chi connectivity index (χ1) is 12.1. The number of carbonyl (C=O) groups is 1. The Morgan fingerprint density at radius 3 is 2.64 bits per heavy atom. The Morgan fingerprint density at radius 1 is 1.16 bits per heavy atom. The van der Waals surface area contributed by atoms with Gasteiger partial charge in [-0.05, 0) is 43.3 Å². The number of hydrogen-bond donors (Lipinski definition) is 1. The number of ether oxygens (including phenoxy) is 2. The first-order valence-electron chi connectivity index (χ1n) is 7.73. The van der Waals surface area contributed by atoms with Gasteiger partial charge in [0.05, 0.1) is 7.11 Å². The lowest BCUT2D eigenvalue weighted by molar-refractivity contribution is -0.118. The van der Waals surface area contributed by atoms with E-state index < -0.39 is 0 Å². The largest absolute Gasteiger partial charge is 0.497 e. The van der Waals surface area contributed by atoms with Crippen molar-refractivity contribution >= 4 is 22.9 Å². The molecule has 0 saturated carbocycles. The Morgan fingerprint density at radius 2 is 1.96 bits per heavy atom. The van der Waals surface area contributed by atoms with Gasteiger partial charge in [-0.3, -0.25) is 4.79 Å². The van der Waals surface area contributed by atoms with E-state index in [1.54, 1.807) is 30.6 Å². The number of rotatable bonds is 6. The average molecular weight is 354 g/mol. The number of aromatic nitrogens is 1. The highest BCUT2D eigenvalue weighted by Crippen LogP contribution is 2.25. The number of nitrogens with zero attached hydrogens (tertiary/aromatic N) is 1. The Bertz CT molecular complexity index is 859. The van der Waals surface area contributed by atoms with E-state index in [-0.39, 0.29) is 12.5 Å². The molecule has 1 N–H and O–H groups in total. The molecule has 6 heteroatoms. The van der Waals surface area contributed by atoms with Crippen molar-refractivity contribution in [3.8, 4) is 22.1 Å². The minimum Gasteiger partial charge on any atom is -0.497 e. The molecule has 1 heterocycles. The van der Waals surface area contributed by atoms with Crippen LogP contribution in [0.5, 0.6) is 11.5 Å². The molecule has 0 aliphatic rings. The predicted octanol–water partition coefficient (Wildman–Crippen LogP) is 4.14. The molecule has 2 aromatic carbocycles. The summed E-state index contributed by atoms with van der Waals surface area (Å²) in [6, 6.07) is 14.7. The minimum absolute atomic E-state index is 0.0626. The topological polar surface area (TPSA) is 60.5 Å². The van der Waals surface area contributed by atoms with Crippen LogP contribution in [0.3, 0.4) is 0 Å². The van der Waals surface area contributed by atoms with Crippen LogP contribution < -0.4 is 14.8 Å². The number of amides is 1. The van der Waals surface area contributed by atoms with E-state index in [2.05, 4.69) is 10.3 Å². The summed E-state index contributed by atoms with van der Waals surface area (Å²) in [4.78, 5) is 16.4. The van der Waals surface area contributed by atoms with E-state index in [9.17, 15) is 4.79 Å². The maximum absolute atomic E-state index is 12.0. The van der Waals surface area contributed by atoms with Crippen molar-refractivity contribution in [2.45, 2.75) is 6.92 Å². The summed E-state index contributed by atoms with van der Waals surface area (Å²) in [6.45, 7) is 1.91. The number of thiazole rings is 1. The van der Waals surface area contributed by atoms with Crippen LogP contribution in [-0.4, -0.2) is 24.6 Å². The minimum atomic E-state index is -0.229. The van der Waals surface area contributed by atoms with Crippen LogP contribution in [-0.2, 0) is 4.79 Å². The predicted molar refractivity (Wildman–Crippen MR) is 99.4 cm³/mol. The molecule has 0 bridgehead atoms. The SMILES string of the molecule is COc1cccc(NC(=O)COc2ccc(-c3nc(C)cs3)cc2)c1. The fourth-order valence-electron chi connectivity index (χ4n) is 2.23. The quantitative estimate of drug-likeness (QED) is 0.722. The lowest BCUT2D eigenvalue weighted by atomic mass is 10.2. The Labute approximate surface area is 150 Å². The van der Waals surface area contributed by atoms with Crippen LogP contribution in [0, 0.1) is 6.92 Å². The number of anilines is 1. The third-order valence-corrected chi connectivity index (χ3v) is 4.45. The van der Waals surface area contributed by atoms with E-state index in [1.807, 2.05) is 48.7 Å². The summed E-state index contributed by atoms with van der Waals surface area (Å²) in [5, 5.41) is 5.76. The van der Waals surface area contributed by atoms with Crippen LogP contribution in [0.25, 0.3) is 10.6 Å². The third kappa shape index (κ3) is 4.58. The Balaban J connectivity index is 1.55. The summed E-state index contributed by atoms with van der Waals surface area (Å²) in [7, 11) is 1.58. The summed E-state index contributed by atoms with van der Waals surface area (Å²) >= 11 is 1.60. The lowest BCUT2D eigenvalue weighted by Gasteiger charge is -2.09. The zero-order valence-electron chi connectivity index (χ0n) is 14.0. The van der Waals surface area contributed by atoms with Crippen LogP contribution in [0.1, 0.15) is 5.69 Å². The van der Waals surface area contributed by atoms with Crippen molar-refractivity contribution < 1.29 is 14.3 Å². The lowest BCUT2D eigenvalue weighted by Crippen LogP contribution is -2.20. The number of hydrogen-bond acceptors (Lipinski definition) is 5. The van der Waals surface area contributed by atoms with Gasteiger partial charge in [0.25, 0.3) is 5.91 Å². The molecule has 5 nitrogen and oxygen atoms in total. The zero-order valence-corrected chi connectivity index (χ0v) is 14.8. The van der Waals surface area contributed by atoms with E-state index in [4.69, 9.17) is 9.47 Å². The number of benzene rings is 2. The van der Waals surface area contributed by atoms with Crippen molar-refractivity contribution in [1.82, 2.24) is 4.98 Å². The fourth-order valence-corrected chi connectivity index (χ4v) is 3.03. The molecule has 25 heavy (non-hydrogen) atoms. The van der Waals surface area contributed by atoms with Gasteiger partial charge in [0, 0.05) is 28.4 Å². The summed E-state index contributed by atoms with van der Waals surface area (Å²) < 4.78 is 10.7. The third-order valence-electron chi connectivity index (χ3n) is 3.44. The highest BCUT2D eigenvalue weighted by molar-refractivity contribution is 7.13. The summed E-state index contributed by atoms with van der Waals surface area (Å²) in [5.74, 6) is 1.09. The van der Waals surface area contributed by atoms with E-state index in [0.29, 0.717) is 17.2 Å². The van der Waals surface area contributed by atoms with E-state index in [0.717, 1.165) is 16.3 Å². The van der Waals surface area contributed by atoms with Crippen LogP contribution in [0.2, 0.25) is 0 Å². The molecule has 3 rings (SSSR count). The second-order valence-electron chi connectivity index (χ2n) is 5.39. The van der Waals surface area contributed by atoms with Crippen molar-refractivity contribution in [3.63, 3.8) is 0 Å². The van der Waals surface area contributed by atoms with Crippen LogP contribution in [0.4, 0.5) is 5.69 Å². The van der Waals surface area contributed by atoms with Gasteiger partial charge < -0.3 is 14.8 Å². The Hall–Kier alpha value is -2.86. The number of nitrogens with one attached hydrogen (secondary N) is 1. The number of carbonyl (C=O) groups excluding carboxylic acids is 1. The molecular formula is C19H18N2O3S. The summed E-state index contributed by atoms with van der Waals surface area (Å²) in [5.41, 5.74) is 2.71. The molecule has 128 valence electrons. The van der Waals surface area contributed by atoms with E-state index >= 15 is 0 Å². The average Bonchev–Trinajstić information content (AvgIpc) is 3.07. The number of aryl methyl sites for hydroxylation is 1. The van der Waals surface area contributed by atoms with E-state index in [1.165, 1.54) is 0 Å². The normalized spacial score (nSPS) is 10.3. The van der Waals surface area contributed by atoms with Crippen molar-refractivity contribution in [2.75, 3.05) is 19.0 Å². The fraction of sp³-hybridized carbons (Fsp3) is 0.158. The zero-order chi connectivity index (χ0) is 17.6. The van der Waals surface area contributed by atoms with Gasteiger partial charge in [-0.15, -0.1) is 11.3 Å². The van der Waals surface area contributed by atoms with Gasteiger partial charge in [0.1, 0.15) is 16.5 Å². The molecule has 0 atom stereocenters. The van der Waals surface area contributed by atoms with Crippen LogP contribution in [0.15, 0.2) is 53.9 Å². The monoisotopic (exact) mass is 354 g/mol. The highest BCUT2D eigenvalue weighted by Gasteiger charge is 2.06. The number of methoxy groups -OCH3 is 1. The van der Waals surface area contributed by atoms with Crippen LogP contribution >= 0.6 is 11.3 Å². The standard InChI is InChI=1S/C19H18N2O3S/c1-13-12-25-19(20-13)14-6-8-16(9-7-14)24-11-18(22)21-15-4-3-5-17(10-15)23-2/h3-10,12H,11H2,1-2H3,(H,21,22). The molecule has 0 spiro atoms. The molecule has 0 unspecified atom stereocenters. The molecule has 0 aliphatic carbocycles. The van der Waals surface area contributed by atoms with Crippen molar-refractivity contribution in [2.24, 2.45) is 0 Å². The first kappa shape index (κ1) is 17.0. The van der Waals surface area contributed by atoms with Crippen molar-refractivity contribution in [3.05, 3.63) is 59.6 Å².